The van der Waals surface area contributed by atoms with Gasteiger partial charge in [0.25, 0.3) is 5.91 Å². The lowest BCUT2D eigenvalue weighted by Gasteiger charge is -2.34. The molecule has 4 amide bonds. The Kier molecular flexibility index (Phi) is 4.84. The Morgan fingerprint density at radius 1 is 1.24 bits per heavy atom. The Morgan fingerprint density at radius 2 is 1.93 bits per heavy atom. The minimum absolute atomic E-state index is 0.168. The standard InChI is InChI=1S/C22H27N3O4/c1-14-8-10-16(11-9-14)24(3)19(26)13-25-20(27)22(2,23-21(25)28)18-12-15-6-4-5-7-17(15)29-18/h4-7,12,14,16H,8-11,13H2,1-3H3,(H,23,28). The van der Waals surface area contributed by atoms with E-state index in [1.165, 1.54) is 0 Å². The third-order valence-corrected chi connectivity index (χ3v) is 6.41. The molecule has 2 heterocycles. The Bertz CT molecular complexity index is 927. The molecule has 154 valence electrons. The maximum atomic E-state index is 13.1. The van der Waals surface area contributed by atoms with Crippen LogP contribution in [-0.4, -0.2) is 47.3 Å². The number of urea groups is 1. The lowest BCUT2D eigenvalue weighted by Crippen LogP contribution is -2.47. The molecule has 7 nitrogen and oxygen atoms in total. The van der Waals surface area contributed by atoms with Crippen LogP contribution >= 0.6 is 0 Å². The summed E-state index contributed by atoms with van der Waals surface area (Å²) in [6.07, 6.45) is 4.10. The summed E-state index contributed by atoms with van der Waals surface area (Å²) in [5.41, 5.74) is -0.679. The summed E-state index contributed by atoms with van der Waals surface area (Å²) >= 11 is 0. The molecule has 7 heteroatoms. The Labute approximate surface area is 170 Å². The molecule has 0 bridgehead atoms. The number of nitrogens with zero attached hydrogens (tertiary/aromatic N) is 2. The third-order valence-electron chi connectivity index (χ3n) is 6.41. The zero-order valence-electron chi connectivity index (χ0n) is 17.1. The molecule has 4 rings (SSSR count). The molecule has 1 unspecified atom stereocenters. The molecule has 1 aliphatic carbocycles. The minimum atomic E-state index is -1.32. The number of benzene rings is 1. The maximum Gasteiger partial charge on any atom is 0.325 e. The first-order valence-corrected chi connectivity index (χ1v) is 10.2. The number of nitrogens with one attached hydrogen (secondary N) is 1. The zero-order valence-corrected chi connectivity index (χ0v) is 17.1. The van der Waals surface area contributed by atoms with E-state index in [1.54, 1.807) is 24.9 Å². The number of rotatable bonds is 4. The molecular formula is C22H27N3O4. The molecule has 1 aromatic carbocycles. The van der Waals surface area contributed by atoms with Gasteiger partial charge in [-0.15, -0.1) is 0 Å². The Morgan fingerprint density at radius 3 is 2.62 bits per heavy atom. The molecule has 2 fully saturated rings. The first kappa shape index (κ1) is 19.5. The topological polar surface area (TPSA) is 82.9 Å². The fourth-order valence-corrected chi connectivity index (χ4v) is 4.32. The first-order valence-electron chi connectivity index (χ1n) is 10.2. The molecule has 2 aromatic rings. The van der Waals surface area contributed by atoms with Crippen LogP contribution in [0.5, 0.6) is 0 Å². The van der Waals surface area contributed by atoms with E-state index in [1.807, 2.05) is 24.3 Å². The lowest BCUT2D eigenvalue weighted by atomic mass is 9.87. The van der Waals surface area contributed by atoms with E-state index in [-0.39, 0.29) is 18.5 Å². The van der Waals surface area contributed by atoms with E-state index < -0.39 is 17.5 Å². The van der Waals surface area contributed by atoms with Crippen LogP contribution in [-0.2, 0) is 15.1 Å². The predicted molar refractivity (Wildman–Crippen MR) is 108 cm³/mol. The molecule has 0 spiro atoms. The van der Waals surface area contributed by atoms with Gasteiger partial charge in [-0.2, -0.15) is 0 Å². The fraction of sp³-hybridized carbons (Fsp3) is 0.500. The normalized spacial score (nSPS) is 27.3. The highest BCUT2D eigenvalue weighted by Gasteiger charge is 2.52. The van der Waals surface area contributed by atoms with E-state index in [2.05, 4.69) is 12.2 Å². The van der Waals surface area contributed by atoms with Crippen LogP contribution in [0, 0.1) is 5.92 Å². The second-order valence-electron chi connectivity index (χ2n) is 8.51. The molecule has 1 saturated carbocycles. The highest BCUT2D eigenvalue weighted by Crippen LogP contribution is 2.33. The van der Waals surface area contributed by atoms with E-state index in [0.29, 0.717) is 17.3 Å². The van der Waals surface area contributed by atoms with Gasteiger partial charge < -0.3 is 14.6 Å². The molecule has 1 atom stereocenters. The molecule has 1 saturated heterocycles. The average molecular weight is 397 g/mol. The van der Waals surface area contributed by atoms with Gasteiger partial charge in [-0.1, -0.05) is 25.1 Å². The number of amides is 4. The van der Waals surface area contributed by atoms with E-state index >= 15 is 0 Å². The monoisotopic (exact) mass is 397 g/mol. The number of carbonyl (C=O) groups is 3. The van der Waals surface area contributed by atoms with Gasteiger partial charge >= 0.3 is 6.03 Å². The largest absolute Gasteiger partial charge is 0.458 e. The van der Waals surface area contributed by atoms with Crippen LogP contribution in [0.4, 0.5) is 4.79 Å². The summed E-state index contributed by atoms with van der Waals surface area (Å²) in [6.45, 7) is 3.58. The number of hydrogen-bond acceptors (Lipinski definition) is 4. The van der Waals surface area contributed by atoms with Crippen molar-refractivity contribution in [2.75, 3.05) is 13.6 Å². The Balaban J connectivity index is 1.49. The summed E-state index contributed by atoms with van der Waals surface area (Å²) in [7, 11) is 1.76. The molecular weight excluding hydrogens is 370 g/mol. The number of likely N-dealkylation sites (N-methyl/N-ethyl adjacent to an activating group) is 1. The molecule has 2 aliphatic rings. The van der Waals surface area contributed by atoms with E-state index in [9.17, 15) is 14.4 Å². The quantitative estimate of drug-likeness (QED) is 0.803. The molecule has 29 heavy (non-hydrogen) atoms. The molecule has 0 radical (unpaired) electrons. The summed E-state index contributed by atoms with van der Waals surface area (Å²) in [5.74, 6) is 0.356. The van der Waals surface area contributed by atoms with Crippen LogP contribution in [0.1, 0.15) is 45.3 Å². The van der Waals surface area contributed by atoms with Gasteiger partial charge in [-0.25, -0.2) is 4.79 Å². The van der Waals surface area contributed by atoms with Crippen molar-refractivity contribution in [3.05, 3.63) is 36.1 Å². The second-order valence-corrected chi connectivity index (χ2v) is 8.51. The number of carbonyl (C=O) groups excluding carboxylic acids is 3. The van der Waals surface area contributed by atoms with Crippen LogP contribution in [0.3, 0.4) is 0 Å². The van der Waals surface area contributed by atoms with E-state index in [0.717, 1.165) is 36.0 Å². The van der Waals surface area contributed by atoms with Gasteiger partial charge in [0.1, 0.15) is 17.9 Å². The number of para-hydroxylation sites is 1. The third kappa shape index (κ3) is 3.39. The maximum absolute atomic E-state index is 13.1. The van der Waals surface area contributed by atoms with Gasteiger partial charge in [0.15, 0.2) is 5.54 Å². The van der Waals surface area contributed by atoms with Crippen LogP contribution in [0.25, 0.3) is 11.0 Å². The fourth-order valence-electron chi connectivity index (χ4n) is 4.32. The average Bonchev–Trinajstić information content (AvgIpc) is 3.24. The van der Waals surface area contributed by atoms with Crippen molar-refractivity contribution in [3.8, 4) is 0 Å². The molecule has 1 aromatic heterocycles. The van der Waals surface area contributed by atoms with Gasteiger partial charge in [-0.3, -0.25) is 14.5 Å². The van der Waals surface area contributed by atoms with Gasteiger partial charge in [0.2, 0.25) is 5.91 Å². The van der Waals surface area contributed by atoms with Crippen molar-refractivity contribution in [1.29, 1.82) is 0 Å². The van der Waals surface area contributed by atoms with Crippen molar-refractivity contribution >= 4 is 28.8 Å². The van der Waals surface area contributed by atoms with Crippen molar-refractivity contribution in [1.82, 2.24) is 15.1 Å². The van der Waals surface area contributed by atoms with Crippen molar-refractivity contribution in [2.45, 2.75) is 51.1 Å². The summed E-state index contributed by atoms with van der Waals surface area (Å²) in [6, 6.07) is 8.77. The van der Waals surface area contributed by atoms with Crippen LogP contribution in [0.2, 0.25) is 0 Å². The molecule has 1 aliphatic heterocycles. The molecule has 1 N–H and O–H groups in total. The number of hydrogen-bond donors (Lipinski definition) is 1. The predicted octanol–water partition coefficient (Wildman–Crippen LogP) is 3.24. The highest BCUT2D eigenvalue weighted by atomic mass is 16.3. The van der Waals surface area contributed by atoms with Crippen molar-refractivity contribution in [3.63, 3.8) is 0 Å². The Hall–Kier alpha value is -2.83. The lowest BCUT2D eigenvalue weighted by molar-refractivity contribution is -0.140. The second kappa shape index (κ2) is 7.21. The van der Waals surface area contributed by atoms with Gasteiger partial charge in [0.05, 0.1) is 0 Å². The summed E-state index contributed by atoms with van der Waals surface area (Å²) in [5, 5.41) is 3.56. The SMILES string of the molecule is CC1CCC(N(C)C(=O)CN2C(=O)NC(C)(c3cc4ccccc4o3)C2=O)CC1. The summed E-state index contributed by atoms with van der Waals surface area (Å²) in [4.78, 5) is 41.1. The first-order chi connectivity index (χ1) is 13.8. The van der Waals surface area contributed by atoms with Crippen molar-refractivity contribution < 1.29 is 18.8 Å². The number of imide groups is 1. The van der Waals surface area contributed by atoms with Crippen molar-refractivity contribution in [2.24, 2.45) is 5.92 Å². The van der Waals surface area contributed by atoms with Gasteiger partial charge in [-0.05, 0) is 50.7 Å². The minimum Gasteiger partial charge on any atom is -0.458 e. The zero-order chi connectivity index (χ0) is 20.8. The van der Waals surface area contributed by atoms with E-state index in [4.69, 9.17) is 4.42 Å². The number of fused-ring (bicyclic) bond motifs is 1. The van der Waals surface area contributed by atoms with Crippen LogP contribution in [0.15, 0.2) is 34.7 Å². The van der Waals surface area contributed by atoms with Gasteiger partial charge in [0, 0.05) is 18.5 Å². The number of furan rings is 1. The summed E-state index contributed by atoms with van der Waals surface area (Å²) < 4.78 is 5.82. The smallest absolute Gasteiger partial charge is 0.325 e. The van der Waals surface area contributed by atoms with Crippen LogP contribution < -0.4 is 5.32 Å². The highest BCUT2D eigenvalue weighted by molar-refractivity contribution is 6.09.